The van der Waals surface area contributed by atoms with Gasteiger partial charge in [-0.15, -0.1) is 0 Å². The molecule has 2 heteroatoms. The molecule has 1 aromatic carbocycles. The fourth-order valence-corrected chi connectivity index (χ4v) is 0.765. The van der Waals surface area contributed by atoms with Gasteiger partial charge in [0.2, 0.25) is 0 Å². The summed E-state index contributed by atoms with van der Waals surface area (Å²) in [6.07, 6.45) is 0. The van der Waals surface area contributed by atoms with E-state index in [2.05, 4.69) is 0 Å². The largest absolute Gasteiger partial charge is 0.354 e. The fourth-order valence-electron chi connectivity index (χ4n) is 0.702. The summed E-state index contributed by atoms with van der Waals surface area (Å²) in [6, 6.07) is 11.0. The Balaban J connectivity index is 2.43. The Morgan fingerprint density at radius 2 is 2.00 bits per heavy atom. The first-order valence-corrected chi connectivity index (χ1v) is 3.44. The van der Waals surface area contributed by atoms with Crippen molar-refractivity contribution in [3.05, 3.63) is 42.0 Å². The van der Waals surface area contributed by atoms with Crippen molar-refractivity contribution in [2.45, 2.75) is 6.61 Å². The topological polar surface area (TPSA) is 9.23 Å². The van der Waals surface area contributed by atoms with Crippen LogP contribution in [-0.4, -0.2) is 0 Å². The minimum absolute atomic E-state index is 0.546. The summed E-state index contributed by atoms with van der Waals surface area (Å²) in [5, 5.41) is 0. The van der Waals surface area contributed by atoms with Gasteiger partial charge in [0.05, 0.1) is 6.61 Å². The zero-order valence-corrected chi connectivity index (χ0v) is 6.21. The van der Waals surface area contributed by atoms with Crippen LogP contribution in [0.5, 0.6) is 0 Å². The summed E-state index contributed by atoms with van der Waals surface area (Å²) >= 11 is 5.20. The molecule has 0 atom stereocenters. The van der Waals surface area contributed by atoms with Crippen LogP contribution in [0.2, 0.25) is 0 Å². The molecule has 1 radical (unpaired) electrons. The highest BCUT2D eigenvalue weighted by atomic mass is 35.5. The molecular formula is C8H8ClO. The standard InChI is InChI=1S/C8H8ClO/c9-7-10-6-8-4-2-1-3-5-8/h1-5,7H,6H2. The maximum absolute atomic E-state index is 5.20. The SMILES string of the molecule is Cl[CH]OCc1ccccc1. The van der Waals surface area contributed by atoms with Gasteiger partial charge in [-0.05, 0) is 5.56 Å². The number of rotatable bonds is 3. The third kappa shape index (κ3) is 2.38. The lowest BCUT2D eigenvalue weighted by Gasteiger charge is -1.97. The molecule has 0 fully saturated rings. The van der Waals surface area contributed by atoms with Crippen molar-refractivity contribution < 1.29 is 4.74 Å². The average molecular weight is 156 g/mol. The molecule has 53 valence electrons. The van der Waals surface area contributed by atoms with E-state index in [9.17, 15) is 0 Å². The molecule has 0 heterocycles. The first kappa shape index (κ1) is 7.58. The van der Waals surface area contributed by atoms with Crippen LogP contribution in [0.4, 0.5) is 0 Å². The predicted molar refractivity (Wildman–Crippen MR) is 41.4 cm³/mol. The summed E-state index contributed by atoms with van der Waals surface area (Å²) in [6.45, 7) is 0.546. The van der Waals surface area contributed by atoms with Crippen LogP contribution in [0.25, 0.3) is 0 Å². The number of hydrogen-bond donors (Lipinski definition) is 0. The molecule has 0 spiro atoms. The number of halogens is 1. The third-order valence-electron chi connectivity index (χ3n) is 1.16. The lowest BCUT2D eigenvalue weighted by atomic mass is 10.2. The summed E-state index contributed by atoms with van der Waals surface area (Å²) in [5.74, 6) is 0. The quantitative estimate of drug-likeness (QED) is 0.652. The zero-order chi connectivity index (χ0) is 7.23. The van der Waals surface area contributed by atoms with Crippen LogP contribution in [-0.2, 0) is 11.3 Å². The van der Waals surface area contributed by atoms with E-state index in [1.165, 1.54) is 6.07 Å². The van der Waals surface area contributed by atoms with Gasteiger partial charge in [-0.3, -0.25) is 0 Å². The molecule has 0 amide bonds. The minimum Gasteiger partial charge on any atom is -0.354 e. The van der Waals surface area contributed by atoms with Gasteiger partial charge in [0.25, 0.3) is 0 Å². The summed E-state index contributed by atoms with van der Waals surface area (Å²) < 4.78 is 4.86. The first-order chi connectivity index (χ1) is 4.93. The van der Waals surface area contributed by atoms with E-state index in [0.717, 1.165) is 5.56 Å². The Bertz CT molecular complexity index is 174. The molecule has 1 nitrogen and oxygen atoms in total. The Morgan fingerprint density at radius 3 is 2.60 bits per heavy atom. The van der Waals surface area contributed by atoms with Crippen LogP contribution in [0.15, 0.2) is 30.3 Å². The molecule has 1 aromatic rings. The third-order valence-corrected chi connectivity index (χ3v) is 1.28. The van der Waals surface area contributed by atoms with E-state index >= 15 is 0 Å². The number of ether oxygens (including phenoxy) is 1. The van der Waals surface area contributed by atoms with Gasteiger partial charge in [0, 0.05) is 0 Å². The Morgan fingerprint density at radius 1 is 1.30 bits per heavy atom. The lowest BCUT2D eigenvalue weighted by Crippen LogP contribution is -1.85. The lowest BCUT2D eigenvalue weighted by molar-refractivity contribution is 0.214. The summed E-state index contributed by atoms with van der Waals surface area (Å²) in [5.41, 5.74) is 1.12. The van der Waals surface area contributed by atoms with Gasteiger partial charge >= 0.3 is 0 Å². The molecule has 0 aliphatic heterocycles. The average Bonchev–Trinajstić information content (AvgIpc) is 2.03. The highest BCUT2D eigenvalue weighted by Gasteiger charge is 1.88. The molecule has 0 aliphatic rings. The molecule has 0 aliphatic carbocycles. The number of hydrogen-bond acceptors (Lipinski definition) is 1. The van der Waals surface area contributed by atoms with Crippen molar-refractivity contribution in [2.24, 2.45) is 0 Å². The predicted octanol–water partition coefficient (Wildman–Crippen LogP) is 2.56. The van der Waals surface area contributed by atoms with Crippen LogP contribution >= 0.6 is 11.6 Å². The van der Waals surface area contributed by atoms with E-state index in [1.54, 1.807) is 0 Å². The van der Waals surface area contributed by atoms with Crippen molar-refractivity contribution >= 4 is 11.6 Å². The summed E-state index contributed by atoms with van der Waals surface area (Å²) in [4.78, 5) is 0. The molecule has 0 saturated heterocycles. The van der Waals surface area contributed by atoms with Gasteiger partial charge < -0.3 is 4.74 Å². The van der Waals surface area contributed by atoms with Gasteiger partial charge in [-0.25, -0.2) is 0 Å². The van der Waals surface area contributed by atoms with E-state index in [-0.39, 0.29) is 0 Å². The van der Waals surface area contributed by atoms with Crippen LogP contribution in [0.3, 0.4) is 0 Å². The second-order valence-electron chi connectivity index (χ2n) is 1.89. The highest BCUT2D eigenvalue weighted by Crippen LogP contribution is 2.01. The maximum atomic E-state index is 5.20. The molecule has 0 bridgehead atoms. The van der Waals surface area contributed by atoms with Crippen molar-refractivity contribution in [2.75, 3.05) is 0 Å². The van der Waals surface area contributed by atoms with E-state index < -0.39 is 0 Å². The fraction of sp³-hybridized carbons (Fsp3) is 0.125. The smallest absolute Gasteiger partial charge is 0.171 e. The van der Waals surface area contributed by atoms with Crippen LogP contribution in [0, 0.1) is 6.07 Å². The van der Waals surface area contributed by atoms with Crippen LogP contribution in [0.1, 0.15) is 5.56 Å². The van der Waals surface area contributed by atoms with E-state index in [0.29, 0.717) is 6.61 Å². The van der Waals surface area contributed by atoms with Crippen molar-refractivity contribution in [3.8, 4) is 0 Å². The van der Waals surface area contributed by atoms with Crippen molar-refractivity contribution in [1.29, 1.82) is 0 Å². The van der Waals surface area contributed by atoms with E-state index in [1.807, 2.05) is 30.3 Å². The number of benzene rings is 1. The first-order valence-electron chi connectivity index (χ1n) is 3.01. The minimum atomic E-state index is 0.546. The highest BCUT2D eigenvalue weighted by molar-refractivity contribution is 6.21. The van der Waals surface area contributed by atoms with Crippen LogP contribution < -0.4 is 0 Å². The second kappa shape index (κ2) is 4.31. The van der Waals surface area contributed by atoms with Gasteiger partial charge in [0.1, 0.15) is 0 Å². The summed E-state index contributed by atoms with van der Waals surface area (Å²) in [7, 11) is 0. The van der Waals surface area contributed by atoms with E-state index in [4.69, 9.17) is 16.3 Å². The Labute approximate surface area is 65.6 Å². The zero-order valence-electron chi connectivity index (χ0n) is 5.46. The van der Waals surface area contributed by atoms with Gasteiger partial charge in [0.15, 0.2) is 6.07 Å². The molecule has 0 unspecified atom stereocenters. The van der Waals surface area contributed by atoms with Crippen molar-refractivity contribution in [1.82, 2.24) is 0 Å². The molecular weight excluding hydrogens is 148 g/mol. The Hall–Kier alpha value is -0.530. The van der Waals surface area contributed by atoms with Crippen molar-refractivity contribution in [3.63, 3.8) is 0 Å². The monoisotopic (exact) mass is 155 g/mol. The second-order valence-corrected chi connectivity index (χ2v) is 2.06. The molecule has 0 N–H and O–H groups in total. The Kier molecular flexibility index (Phi) is 3.27. The van der Waals surface area contributed by atoms with Gasteiger partial charge in [-0.1, -0.05) is 41.9 Å². The molecule has 1 rings (SSSR count). The normalized spacial score (nSPS) is 9.70. The molecule has 0 aromatic heterocycles. The maximum Gasteiger partial charge on any atom is 0.171 e. The van der Waals surface area contributed by atoms with Gasteiger partial charge in [-0.2, -0.15) is 0 Å². The molecule has 10 heavy (non-hydrogen) atoms. The molecule has 0 saturated carbocycles.